The van der Waals surface area contributed by atoms with Crippen LogP contribution in [0.25, 0.3) is 0 Å². The minimum Gasteiger partial charge on any atom is -0.472 e. The SMILES string of the molecule is CN(CCc1ccc(N)cn1)Cc1ccoc1. The van der Waals surface area contributed by atoms with Gasteiger partial charge in [0.15, 0.2) is 0 Å². The maximum Gasteiger partial charge on any atom is 0.0947 e. The summed E-state index contributed by atoms with van der Waals surface area (Å²) in [5, 5.41) is 0. The van der Waals surface area contributed by atoms with Crippen molar-refractivity contribution in [2.45, 2.75) is 13.0 Å². The first kappa shape index (κ1) is 11.7. The molecule has 2 aromatic rings. The molecule has 0 saturated heterocycles. The molecule has 0 aliphatic carbocycles. The van der Waals surface area contributed by atoms with Crippen LogP contribution in [0.2, 0.25) is 0 Å². The lowest BCUT2D eigenvalue weighted by Crippen LogP contribution is -2.20. The fraction of sp³-hybridized carbons (Fsp3) is 0.308. The first-order chi connectivity index (χ1) is 8.24. The molecule has 2 N–H and O–H groups in total. The zero-order valence-electron chi connectivity index (χ0n) is 9.97. The topological polar surface area (TPSA) is 55.3 Å². The predicted molar refractivity (Wildman–Crippen MR) is 67.4 cm³/mol. The van der Waals surface area contributed by atoms with Gasteiger partial charge in [0.2, 0.25) is 0 Å². The highest BCUT2D eigenvalue weighted by Gasteiger charge is 2.02. The van der Waals surface area contributed by atoms with E-state index in [2.05, 4.69) is 16.9 Å². The lowest BCUT2D eigenvalue weighted by molar-refractivity contribution is 0.328. The van der Waals surface area contributed by atoms with E-state index in [0.717, 1.165) is 25.2 Å². The van der Waals surface area contributed by atoms with Gasteiger partial charge in [-0.25, -0.2) is 0 Å². The van der Waals surface area contributed by atoms with Crippen molar-refractivity contribution in [2.24, 2.45) is 0 Å². The molecule has 2 heterocycles. The van der Waals surface area contributed by atoms with E-state index in [9.17, 15) is 0 Å². The molecule has 0 aromatic carbocycles. The minimum atomic E-state index is 0.709. The highest BCUT2D eigenvalue weighted by atomic mass is 16.3. The number of nitrogen functional groups attached to an aromatic ring is 1. The van der Waals surface area contributed by atoms with Crippen molar-refractivity contribution in [1.29, 1.82) is 0 Å². The molecule has 17 heavy (non-hydrogen) atoms. The number of likely N-dealkylation sites (N-methyl/N-ethyl adjacent to an activating group) is 1. The Morgan fingerprint density at radius 1 is 1.35 bits per heavy atom. The second kappa shape index (κ2) is 5.50. The lowest BCUT2D eigenvalue weighted by atomic mass is 10.2. The van der Waals surface area contributed by atoms with Gasteiger partial charge in [0.25, 0.3) is 0 Å². The third kappa shape index (κ3) is 3.60. The fourth-order valence-electron chi connectivity index (χ4n) is 1.66. The Labute approximate surface area is 101 Å². The fourth-order valence-corrected chi connectivity index (χ4v) is 1.66. The van der Waals surface area contributed by atoms with Crippen LogP contribution in [0.3, 0.4) is 0 Å². The Bertz CT molecular complexity index is 436. The molecular weight excluding hydrogens is 214 g/mol. The molecule has 4 nitrogen and oxygen atoms in total. The highest BCUT2D eigenvalue weighted by Crippen LogP contribution is 2.06. The quantitative estimate of drug-likeness (QED) is 0.854. The van der Waals surface area contributed by atoms with Gasteiger partial charge in [-0.1, -0.05) is 0 Å². The molecule has 0 spiro atoms. The van der Waals surface area contributed by atoms with Crippen molar-refractivity contribution < 1.29 is 4.42 Å². The van der Waals surface area contributed by atoms with Crippen LogP contribution in [0.5, 0.6) is 0 Å². The number of pyridine rings is 1. The summed E-state index contributed by atoms with van der Waals surface area (Å²) in [4.78, 5) is 6.52. The first-order valence-electron chi connectivity index (χ1n) is 5.64. The maximum absolute atomic E-state index is 5.59. The largest absolute Gasteiger partial charge is 0.472 e. The Morgan fingerprint density at radius 2 is 2.24 bits per heavy atom. The van der Waals surface area contributed by atoms with Crippen molar-refractivity contribution in [2.75, 3.05) is 19.3 Å². The summed E-state index contributed by atoms with van der Waals surface area (Å²) in [6.45, 7) is 1.85. The third-order valence-electron chi connectivity index (χ3n) is 2.63. The molecule has 0 atom stereocenters. The molecule has 0 fully saturated rings. The van der Waals surface area contributed by atoms with Crippen molar-refractivity contribution in [3.8, 4) is 0 Å². The highest BCUT2D eigenvalue weighted by molar-refractivity contribution is 5.34. The predicted octanol–water partition coefficient (Wildman–Crippen LogP) is 1.93. The number of aromatic nitrogens is 1. The zero-order valence-corrected chi connectivity index (χ0v) is 9.97. The monoisotopic (exact) mass is 231 g/mol. The molecule has 0 unspecified atom stereocenters. The standard InChI is InChI=1S/C13H17N3O/c1-16(9-11-5-7-17-10-11)6-4-13-3-2-12(14)8-15-13/h2-3,5,7-8,10H,4,6,9,14H2,1H3. The van der Waals surface area contributed by atoms with Crippen LogP contribution in [-0.4, -0.2) is 23.5 Å². The Morgan fingerprint density at radius 3 is 2.88 bits per heavy atom. The van der Waals surface area contributed by atoms with E-state index in [4.69, 9.17) is 10.2 Å². The first-order valence-corrected chi connectivity index (χ1v) is 5.64. The molecule has 0 aliphatic rings. The Kier molecular flexibility index (Phi) is 3.77. The second-order valence-corrected chi connectivity index (χ2v) is 4.20. The van der Waals surface area contributed by atoms with Gasteiger partial charge in [0, 0.05) is 30.8 Å². The number of anilines is 1. The van der Waals surface area contributed by atoms with E-state index in [0.29, 0.717) is 5.69 Å². The molecule has 90 valence electrons. The van der Waals surface area contributed by atoms with E-state index >= 15 is 0 Å². The van der Waals surface area contributed by atoms with Crippen LogP contribution >= 0.6 is 0 Å². The molecule has 4 heteroatoms. The van der Waals surface area contributed by atoms with Crippen LogP contribution < -0.4 is 5.73 Å². The van der Waals surface area contributed by atoms with Crippen LogP contribution in [0.4, 0.5) is 5.69 Å². The molecule has 0 radical (unpaired) electrons. The summed E-state index contributed by atoms with van der Waals surface area (Å²) >= 11 is 0. The van der Waals surface area contributed by atoms with Gasteiger partial charge in [0.05, 0.1) is 24.4 Å². The number of nitrogens with two attached hydrogens (primary N) is 1. The Hall–Kier alpha value is -1.81. The average molecular weight is 231 g/mol. The average Bonchev–Trinajstić information content (AvgIpc) is 2.81. The van der Waals surface area contributed by atoms with E-state index in [1.165, 1.54) is 5.56 Å². The van der Waals surface area contributed by atoms with Gasteiger partial charge < -0.3 is 15.1 Å². The van der Waals surface area contributed by atoms with Crippen LogP contribution in [0.15, 0.2) is 41.3 Å². The molecule has 2 aromatic heterocycles. The lowest BCUT2D eigenvalue weighted by Gasteiger charge is -2.14. The molecule has 0 bridgehead atoms. The summed E-state index contributed by atoms with van der Waals surface area (Å²) in [7, 11) is 2.09. The number of hydrogen-bond acceptors (Lipinski definition) is 4. The second-order valence-electron chi connectivity index (χ2n) is 4.20. The van der Waals surface area contributed by atoms with Gasteiger partial charge in [-0.05, 0) is 25.2 Å². The zero-order chi connectivity index (χ0) is 12.1. The molecule has 0 amide bonds. The smallest absolute Gasteiger partial charge is 0.0947 e. The minimum absolute atomic E-state index is 0.709. The number of furan rings is 1. The summed E-state index contributed by atoms with van der Waals surface area (Å²) in [6.07, 6.45) is 6.10. The van der Waals surface area contributed by atoms with Gasteiger partial charge in [-0.3, -0.25) is 4.98 Å². The molecule has 2 rings (SSSR count). The molecule has 0 saturated carbocycles. The van der Waals surface area contributed by atoms with Crippen molar-refractivity contribution >= 4 is 5.69 Å². The summed E-state index contributed by atoms with van der Waals surface area (Å²) in [6, 6.07) is 5.84. The van der Waals surface area contributed by atoms with Crippen molar-refractivity contribution in [3.05, 3.63) is 48.2 Å². The summed E-state index contributed by atoms with van der Waals surface area (Å²) in [5.41, 5.74) is 8.56. The van der Waals surface area contributed by atoms with Gasteiger partial charge in [0.1, 0.15) is 0 Å². The van der Waals surface area contributed by atoms with E-state index < -0.39 is 0 Å². The normalized spacial score (nSPS) is 10.9. The summed E-state index contributed by atoms with van der Waals surface area (Å²) in [5.74, 6) is 0. The third-order valence-corrected chi connectivity index (χ3v) is 2.63. The van der Waals surface area contributed by atoms with E-state index in [1.807, 2.05) is 18.2 Å². The maximum atomic E-state index is 5.59. The van der Waals surface area contributed by atoms with E-state index in [-0.39, 0.29) is 0 Å². The summed E-state index contributed by atoms with van der Waals surface area (Å²) < 4.78 is 5.04. The van der Waals surface area contributed by atoms with Gasteiger partial charge in [-0.2, -0.15) is 0 Å². The Balaban J connectivity index is 1.79. The van der Waals surface area contributed by atoms with Crippen molar-refractivity contribution in [1.82, 2.24) is 9.88 Å². The van der Waals surface area contributed by atoms with E-state index in [1.54, 1.807) is 18.7 Å². The number of nitrogens with zero attached hydrogens (tertiary/aromatic N) is 2. The molecule has 0 aliphatic heterocycles. The molecular formula is C13H17N3O. The van der Waals surface area contributed by atoms with Crippen LogP contribution in [0.1, 0.15) is 11.3 Å². The van der Waals surface area contributed by atoms with Crippen molar-refractivity contribution in [3.63, 3.8) is 0 Å². The van der Waals surface area contributed by atoms with Gasteiger partial charge in [-0.15, -0.1) is 0 Å². The van der Waals surface area contributed by atoms with Gasteiger partial charge >= 0.3 is 0 Å². The van der Waals surface area contributed by atoms with Crippen LogP contribution in [0, 0.1) is 0 Å². The number of hydrogen-bond donors (Lipinski definition) is 1. The number of rotatable bonds is 5. The van der Waals surface area contributed by atoms with Crippen LogP contribution in [-0.2, 0) is 13.0 Å².